The van der Waals surface area contributed by atoms with Crippen molar-refractivity contribution < 1.29 is 17.2 Å². The molecule has 2 aromatic rings. The summed E-state index contributed by atoms with van der Waals surface area (Å²) in [5.74, 6) is 0. The Kier molecular flexibility index (Phi) is 7.37. The highest BCUT2D eigenvalue weighted by molar-refractivity contribution is 7.99. The van der Waals surface area contributed by atoms with Crippen LogP contribution < -0.4 is 9.44 Å². The van der Waals surface area contributed by atoms with Crippen LogP contribution in [-0.4, -0.2) is 23.7 Å². The first kappa shape index (κ1) is 21.5. The zero-order valence-corrected chi connectivity index (χ0v) is 17.5. The molecule has 142 valence electrons. The third kappa shape index (κ3) is 5.35. The van der Waals surface area contributed by atoms with Crippen molar-refractivity contribution in [3.05, 3.63) is 46.4 Å². The quantitative estimate of drug-likeness (QED) is 0.611. The highest BCUT2D eigenvalue weighted by Crippen LogP contribution is 2.40. The van der Waals surface area contributed by atoms with Crippen molar-refractivity contribution in [2.45, 2.75) is 28.0 Å². The molecular weight excluding hydrogens is 439 g/mol. The van der Waals surface area contributed by atoms with E-state index in [0.29, 0.717) is 38.5 Å². The number of hydrogen-bond donors (Lipinski definition) is 2. The highest BCUT2D eigenvalue weighted by atomic mass is 35.5. The molecule has 0 bridgehead atoms. The molecule has 1 unspecified atom stereocenters. The Morgan fingerprint density at radius 2 is 1.88 bits per heavy atom. The number of sulfonamides is 1. The Bertz CT molecular complexity index is 938. The molecule has 0 fully saturated rings. The van der Waals surface area contributed by atoms with Crippen LogP contribution in [0, 0.1) is 0 Å². The van der Waals surface area contributed by atoms with Crippen molar-refractivity contribution in [2.75, 3.05) is 10.8 Å². The number of primary sulfonamides is 1. The number of nitrogens with two attached hydrogens (primary N) is 1. The van der Waals surface area contributed by atoms with Crippen molar-refractivity contribution in [1.82, 2.24) is 0 Å². The first-order chi connectivity index (χ1) is 12.1. The molecule has 0 heterocycles. The lowest BCUT2D eigenvalue weighted by Crippen LogP contribution is -2.26. The molecule has 0 saturated heterocycles. The van der Waals surface area contributed by atoms with E-state index < -0.39 is 21.3 Å². The minimum atomic E-state index is -3.93. The Morgan fingerprint density at radius 1 is 1.19 bits per heavy atom. The monoisotopic (exact) mass is 454 g/mol. The van der Waals surface area contributed by atoms with Gasteiger partial charge in [0, 0.05) is 21.4 Å². The van der Waals surface area contributed by atoms with E-state index in [9.17, 15) is 17.2 Å². The molecule has 3 N–H and O–H groups in total. The molecule has 0 aliphatic rings. The van der Waals surface area contributed by atoms with Crippen LogP contribution >= 0.6 is 35.0 Å². The lowest BCUT2D eigenvalue weighted by atomic mass is 10.3. The summed E-state index contributed by atoms with van der Waals surface area (Å²) in [6.07, 6.45) is 0.620. The minimum Gasteiger partial charge on any atom is -0.289 e. The fraction of sp³-hybridized carbons (Fsp3) is 0.200. The molecule has 26 heavy (non-hydrogen) atoms. The van der Waals surface area contributed by atoms with E-state index in [4.69, 9.17) is 28.3 Å². The second-order valence-electron chi connectivity index (χ2n) is 5.18. The second kappa shape index (κ2) is 8.92. The molecule has 2 aromatic carbocycles. The number of rotatable bonds is 7. The molecule has 6 nitrogen and oxygen atoms in total. The van der Waals surface area contributed by atoms with Crippen molar-refractivity contribution in [2.24, 2.45) is 5.14 Å². The minimum absolute atomic E-state index is 0.103. The van der Waals surface area contributed by atoms with Gasteiger partial charge in [0.15, 0.2) is 0 Å². The fourth-order valence-electron chi connectivity index (χ4n) is 2.12. The van der Waals surface area contributed by atoms with E-state index in [1.54, 1.807) is 18.2 Å². The summed E-state index contributed by atoms with van der Waals surface area (Å²) >= 11 is 11.0. The van der Waals surface area contributed by atoms with Crippen LogP contribution in [0.25, 0.3) is 0 Å². The number of benzene rings is 2. The fourth-order valence-corrected chi connectivity index (χ4v) is 4.98. The smallest absolute Gasteiger partial charge is 0.261 e. The summed E-state index contributed by atoms with van der Waals surface area (Å²) in [6, 6.07) is 9.00. The predicted molar refractivity (Wildman–Crippen MR) is 107 cm³/mol. The van der Waals surface area contributed by atoms with Gasteiger partial charge < -0.3 is 0 Å². The molecule has 0 amide bonds. The summed E-state index contributed by atoms with van der Waals surface area (Å²) in [5, 5.41) is 6.05. The SMILES string of the molecule is CCCN(c1ccc(S(N)(=O)=O)cc1Sc1ccc(Cl)cc1Cl)S(=O)O. The number of halogens is 2. The van der Waals surface area contributed by atoms with Gasteiger partial charge >= 0.3 is 0 Å². The maximum Gasteiger partial charge on any atom is 0.261 e. The van der Waals surface area contributed by atoms with E-state index in [0.717, 1.165) is 11.8 Å². The summed E-state index contributed by atoms with van der Waals surface area (Å²) in [4.78, 5) is 0.940. The Balaban J connectivity index is 2.59. The van der Waals surface area contributed by atoms with Gasteiger partial charge in [-0.2, -0.15) is 0 Å². The summed E-state index contributed by atoms with van der Waals surface area (Å²) in [5.41, 5.74) is 0.399. The van der Waals surface area contributed by atoms with Crippen molar-refractivity contribution in [3.8, 4) is 0 Å². The molecule has 0 radical (unpaired) electrons. The Labute approximate surface area is 169 Å². The predicted octanol–water partition coefficient (Wildman–Crippen LogP) is 4.15. The van der Waals surface area contributed by atoms with Crippen LogP contribution in [0.4, 0.5) is 5.69 Å². The van der Waals surface area contributed by atoms with Gasteiger partial charge in [-0.05, 0) is 42.8 Å². The lowest BCUT2D eigenvalue weighted by Gasteiger charge is -2.22. The number of anilines is 1. The maximum atomic E-state index is 11.7. The third-order valence-corrected chi connectivity index (χ3v) is 6.71. The van der Waals surface area contributed by atoms with Gasteiger partial charge in [0.1, 0.15) is 0 Å². The molecule has 0 aliphatic heterocycles. The van der Waals surface area contributed by atoms with Gasteiger partial charge in [-0.3, -0.25) is 8.86 Å². The maximum absolute atomic E-state index is 11.7. The average molecular weight is 455 g/mol. The second-order valence-corrected chi connectivity index (χ2v) is 9.58. The van der Waals surface area contributed by atoms with Gasteiger partial charge in [-0.1, -0.05) is 41.9 Å². The van der Waals surface area contributed by atoms with Crippen LogP contribution in [0.2, 0.25) is 10.0 Å². The molecule has 0 saturated carbocycles. The van der Waals surface area contributed by atoms with Gasteiger partial charge in [0.05, 0.1) is 15.6 Å². The summed E-state index contributed by atoms with van der Waals surface area (Å²) < 4.78 is 46.0. The Morgan fingerprint density at radius 3 is 2.42 bits per heavy atom. The van der Waals surface area contributed by atoms with E-state index in [-0.39, 0.29) is 4.90 Å². The lowest BCUT2D eigenvalue weighted by molar-refractivity contribution is 0.558. The standard InChI is InChI=1S/C15H16Cl2N2O4S3/c1-2-7-19(25(20)21)13-5-4-11(26(18,22)23)9-15(13)24-14-6-3-10(16)8-12(14)17/h3-6,8-9H,2,7H2,1H3,(H,20,21)(H2,18,22,23). The van der Waals surface area contributed by atoms with E-state index in [2.05, 4.69) is 0 Å². The number of hydrogen-bond acceptors (Lipinski definition) is 4. The van der Waals surface area contributed by atoms with E-state index in [1.165, 1.54) is 22.5 Å². The third-order valence-electron chi connectivity index (χ3n) is 3.26. The zero-order valence-electron chi connectivity index (χ0n) is 13.6. The highest BCUT2D eigenvalue weighted by Gasteiger charge is 2.20. The van der Waals surface area contributed by atoms with Gasteiger partial charge in [0.2, 0.25) is 10.0 Å². The van der Waals surface area contributed by atoms with Gasteiger partial charge in [0.25, 0.3) is 11.3 Å². The molecule has 11 heteroatoms. The van der Waals surface area contributed by atoms with Crippen LogP contribution in [0.15, 0.2) is 51.1 Å². The molecular formula is C15H16Cl2N2O4S3. The normalized spacial score (nSPS) is 12.8. The first-order valence-corrected chi connectivity index (χ1v) is 11.5. The van der Waals surface area contributed by atoms with Crippen LogP contribution in [0.1, 0.15) is 13.3 Å². The van der Waals surface area contributed by atoms with Gasteiger partial charge in [-0.15, -0.1) is 0 Å². The zero-order chi connectivity index (χ0) is 19.5. The first-order valence-electron chi connectivity index (χ1n) is 7.31. The van der Waals surface area contributed by atoms with Crippen LogP contribution in [0.5, 0.6) is 0 Å². The molecule has 0 aliphatic carbocycles. The molecule has 0 aromatic heterocycles. The largest absolute Gasteiger partial charge is 0.289 e. The molecule has 1 atom stereocenters. The summed E-state index contributed by atoms with van der Waals surface area (Å²) in [6.45, 7) is 2.17. The van der Waals surface area contributed by atoms with E-state index in [1.807, 2.05) is 6.92 Å². The van der Waals surface area contributed by atoms with E-state index >= 15 is 0 Å². The van der Waals surface area contributed by atoms with Crippen LogP contribution in [-0.2, 0) is 21.3 Å². The topological polar surface area (TPSA) is 101 Å². The number of nitrogens with zero attached hydrogens (tertiary/aromatic N) is 1. The van der Waals surface area contributed by atoms with Crippen molar-refractivity contribution in [3.63, 3.8) is 0 Å². The van der Waals surface area contributed by atoms with Crippen molar-refractivity contribution >= 4 is 61.9 Å². The van der Waals surface area contributed by atoms with Gasteiger partial charge in [-0.25, -0.2) is 17.8 Å². The van der Waals surface area contributed by atoms with Crippen molar-refractivity contribution in [1.29, 1.82) is 0 Å². The van der Waals surface area contributed by atoms with Crippen LogP contribution in [0.3, 0.4) is 0 Å². The molecule has 2 rings (SSSR count). The average Bonchev–Trinajstić information content (AvgIpc) is 2.54. The molecule has 0 spiro atoms. The Hall–Kier alpha value is -0.810. The summed E-state index contributed by atoms with van der Waals surface area (Å²) in [7, 11) is -3.93.